The zero-order valence-corrected chi connectivity index (χ0v) is 46.1. The number of carbonyl (C=O) groups excluding carboxylic acids is 8. The van der Waals surface area contributed by atoms with Crippen molar-refractivity contribution in [3.05, 3.63) is 268 Å². The Bertz CT molecular complexity index is 4400. The van der Waals surface area contributed by atoms with Gasteiger partial charge in [0.15, 0.2) is 23.1 Å². The van der Waals surface area contributed by atoms with Crippen molar-refractivity contribution < 1.29 is 57.3 Å². The van der Waals surface area contributed by atoms with Gasteiger partial charge in [0.25, 0.3) is 0 Å². The molecule has 16 nitrogen and oxygen atoms in total. The average Bonchev–Trinajstić information content (AvgIpc) is 1.71. The van der Waals surface area contributed by atoms with Crippen LogP contribution in [0.2, 0.25) is 0 Å². The van der Waals surface area contributed by atoms with Gasteiger partial charge in [-0.2, -0.15) is 21.0 Å². The van der Waals surface area contributed by atoms with Crippen molar-refractivity contribution in [2.75, 3.05) is 0 Å². The minimum absolute atomic E-state index is 0.0531. The Kier molecular flexibility index (Phi) is 14.1. The van der Waals surface area contributed by atoms with E-state index in [1.807, 2.05) is 24.3 Å². The summed E-state index contributed by atoms with van der Waals surface area (Å²) in [7, 11) is 0. The molecule has 0 amide bonds. The Balaban J connectivity index is 1.12. The second-order valence-corrected chi connectivity index (χ2v) is 22.2. The number of thiophene rings is 2. The fraction of sp³-hybridized carbons (Fsp3) is 0.0882. The van der Waals surface area contributed by atoms with E-state index in [9.17, 15) is 40.2 Å². The van der Waals surface area contributed by atoms with Crippen molar-refractivity contribution in [3.63, 3.8) is 0 Å². The Morgan fingerprint density at radius 3 is 1.10 bits per heavy atom. The standard InChI is InChI=1S/C68H36N4O12S2/c69-29-41-21-47-48(22-42(41)30-70)58(74)51(57(47)73)25-45-26-54-55(67(45,63(77)81-33-37-13-5-1-6-14-37)64(78)82-34-38-15-7-2-8-16-38)56-62(86-54)61-53(28-46(85-61)27-52-59(75)49-23-43(31-71)44(32-72)24-50(49)60(52)76)68(56,65(79)83-35-39-17-9-3-10-18-39)66(80)84-36-40-19-11-4-12-20-40/h1-28H,33-36H2. The summed E-state index contributed by atoms with van der Waals surface area (Å²) in [6, 6.07) is 47.4. The van der Waals surface area contributed by atoms with E-state index < -0.39 is 89.8 Å². The number of ether oxygens (including phenoxy) is 4. The van der Waals surface area contributed by atoms with Gasteiger partial charge in [0.2, 0.25) is 10.8 Å². The smallest absolute Gasteiger partial charge is 0.333 e. The molecule has 0 saturated carbocycles. The van der Waals surface area contributed by atoms with Gasteiger partial charge in [-0.15, -0.1) is 22.7 Å². The second-order valence-electron chi connectivity index (χ2n) is 20.1. The fourth-order valence-electron chi connectivity index (χ4n) is 11.1. The lowest BCUT2D eigenvalue weighted by atomic mass is 9.69. The quantitative estimate of drug-likeness (QED) is 0.0322. The van der Waals surface area contributed by atoms with E-state index in [1.54, 1.807) is 121 Å². The van der Waals surface area contributed by atoms with Gasteiger partial charge in [-0.25, -0.2) is 0 Å². The molecule has 0 N–H and O–H groups in total. The van der Waals surface area contributed by atoms with Crippen LogP contribution in [0.4, 0.5) is 0 Å². The van der Waals surface area contributed by atoms with Crippen LogP contribution in [0.5, 0.6) is 0 Å². The molecule has 18 heteroatoms. The zero-order chi connectivity index (χ0) is 60.0. The number of Topliss-reactive ketones (excluding diaryl/α,β-unsaturated/α-hetero) is 4. The summed E-state index contributed by atoms with van der Waals surface area (Å²) in [5.41, 5.74) is -7.10. The molecule has 0 saturated heterocycles. The number of hydrogen-bond acceptors (Lipinski definition) is 18. The van der Waals surface area contributed by atoms with Gasteiger partial charge < -0.3 is 18.9 Å². The molecule has 0 unspecified atom stereocenters. The number of ketones is 4. The maximum absolute atomic E-state index is 16.1. The summed E-state index contributed by atoms with van der Waals surface area (Å²) in [4.78, 5) is 122. The molecule has 0 bridgehead atoms. The van der Waals surface area contributed by atoms with E-state index in [0.717, 1.165) is 40.9 Å². The highest BCUT2D eigenvalue weighted by molar-refractivity contribution is 7.24. The highest BCUT2D eigenvalue weighted by atomic mass is 32.1. The molecule has 0 aliphatic heterocycles. The molecule has 0 spiro atoms. The summed E-state index contributed by atoms with van der Waals surface area (Å²) in [5, 5.41) is 39.4. The molecule has 86 heavy (non-hydrogen) atoms. The van der Waals surface area contributed by atoms with Crippen molar-refractivity contribution in [2.45, 2.75) is 37.3 Å². The van der Waals surface area contributed by atoms with Crippen LogP contribution in [0.15, 0.2) is 174 Å². The molecule has 4 aliphatic carbocycles. The first-order chi connectivity index (χ1) is 41.8. The van der Waals surface area contributed by atoms with Crippen molar-refractivity contribution in [2.24, 2.45) is 0 Å². The number of carbonyl (C=O) groups is 8. The Labute approximate surface area is 496 Å². The van der Waals surface area contributed by atoms with Crippen LogP contribution in [0.25, 0.3) is 21.9 Å². The number of allylic oxidation sites excluding steroid dienone is 3. The van der Waals surface area contributed by atoms with E-state index in [1.165, 1.54) is 30.4 Å². The number of fused-ring (bicyclic) bond motifs is 7. The Morgan fingerprint density at radius 1 is 0.419 bits per heavy atom. The van der Waals surface area contributed by atoms with Gasteiger partial charge in [0.1, 0.15) is 50.7 Å². The summed E-state index contributed by atoms with van der Waals surface area (Å²) >= 11 is 1.86. The highest BCUT2D eigenvalue weighted by Gasteiger charge is 2.68. The molecular weight excluding hydrogens is 1130 g/mol. The van der Waals surface area contributed by atoms with E-state index in [2.05, 4.69) is 0 Å². The average molecular weight is 1170 g/mol. The number of hydrogen-bond donors (Lipinski definition) is 0. The third kappa shape index (κ3) is 8.85. The summed E-state index contributed by atoms with van der Waals surface area (Å²) < 4.78 is 24.8. The predicted octanol–water partition coefficient (Wildman–Crippen LogP) is 10.6. The maximum Gasteiger partial charge on any atom is 0.333 e. The van der Waals surface area contributed by atoms with E-state index in [-0.39, 0.29) is 91.9 Å². The topological polar surface area (TPSA) is 269 Å². The lowest BCUT2D eigenvalue weighted by Gasteiger charge is -2.33. The molecule has 0 radical (unpaired) electrons. The van der Waals surface area contributed by atoms with Crippen molar-refractivity contribution in [1.82, 2.24) is 0 Å². The normalized spacial score (nSPS) is 14.2. The van der Waals surface area contributed by atoms with Crippen LogP contribution >= 0.6 is 22.7 Å². The van der Waals surface area contributed by atoms with Crippen LogP contribution in [0.1, 0.15) is 112 Å². The van der Waals surface area contributed by atoms with Gasteiger partial charge in [0.05, 0.1) is 43.2 Å². The number of nitriles is 4. The minimum Gasteiger partial charge on any atom is -0.459 e. The molecule has 12 rings (SSSR count). The first-order valence-corrected chi connectivity index (χ1v) is 27.9. The first kappa shape index (κ1) is 55.0. The monoisotopic (exact) mass is 1160 g/mol. The molecule has 0 fully saturated rings. The maximum atomic E-state index is 16.1. The molecule has 0 atom stereocenters. The highest BCUT2D eigenvalue weighted by Crippen LogP contribution is 2.64. The Morgan fingerprint density at radius 2 is 0.756 bits per heavy atom. The number of esters is 4. The van der Waals surface area contributed by atoms with Crippen LogP contribution in [0, 0.1) is 45.3 Å². The lowest BCUT2D eigenvalue weighted by molar-refractivity contribution is -0.167. The molecule has 412 valence electrons. The number of rotatable bonds is 14. The summed E-state index contributed by atoms with van der Waals surface area (Å²) in [6.45, 7) is -1.76. The zero-order valence-electron chi connectivity index (χ0n) is 44.5. The molecule has 6 aromatic carbocycles. The van der Waals surface area contributed by atoms with Gasteiger partial charge in [-0.1, -0.05) is 121 Å². The van der Waals surface area contributed by atoms with E-state index >= 15 is 19.2 Å². The molecule has 8 aromatic rings. The third-order valence-electron chi connectivity index (χ3n) is 15.2. The van der Waals surface area contributed by atoms with Crippen LogP contribution in [-0.4, -0.2) is 47.0 Å². The first-order valence-electron chi connectivity index (χ1n) is 26.2. The Hall–Kier alpha value is -11.5. The second kappa shape index (κ2) is 22.0. The predicted molar refractivity (Wildman–Crippen MR) is 308 cm³/mol. The van der Waals surface area contributed by atoms with Gasteiger partial charge in [-0.05, 0) is 76.4 Å². The van der Waals surface area contributed by atoms with Crippen molar-refractivity contribution in [3.8, 4) is 34.0 Å². The van der Waals surface area contributed by atoms with Crippen LogP contribution in [-0.2, 0) is 75.4 Å². The fourth-order valence-corrected chi connectivity index (χ4v) is 13.7. The van der Waals surface area contributed by atoms with E-state index in [0.29, 0.717) is 22.3 Å². The van der Waals surface area contributed by atoms with Gasteiger partial charge in [-0.3, -0.25) is 38.4 Å². The molecular formula is C68H36N4O12S2. The number of nitrogens with zero attached hydrogens (tertiary/aromatic N) is 4. The minimum atomic E-state index is -2.93. The molecule has 4 aliphatic rings. The van der Waals surface area contributed by atoms with Crippen LogP contribution in [0.3, 0.4) is 0 Å². The van der Waals surface area contributed by atoms with Crippen LogP contribution < -0.4 is 0 Å². The van der Waals surface area contributed by atoms with Crippen molar-refractivity contribution in [1.29, 1.82) is 21.0 Å². The molecule has 2 aromatic heterocycles. The SMILES string of the molecule is N#Cc1cc2c(cc1C#N)C(=O)C(=CC1=Cc3sc4c(c3C1(C(=O)OCc1ccccc1)C(=O)OCc1ccccc1)C(C(=O)OCc1ccccc1)(C(=O)OCc1ccccc1)c1cc(C=C3C(=O)c5cc(C#N)c(C#N)cc5C3=O)sc1-4)C2=O. The number of benzene rings is 6. The summed E-state index contributed by atoms with van der Waals surface area (Å²) in [6.07, 6.45) is 3.67. The van der Waals surface area contributed by atoms with Crippen molar-refractivity contribution >= 4 is 81.8 Å². The third-order valence-corrected chi connectivity index (χ3v) is 17.6. The summed E-state index contributed by atoms with van der Waals surface area (Å²) in [5.74, 6) is -8.49. The van der Waals surface area contributed by atoms with E-state index in [4.69, 9.17) is 18.9 Å². The van der Waals surface area contributed by atoms with Gasteiger partial charge >= 0.3 is 23.9 Å². The molecule has 2 heterocycles. The lowest BCUT2D eigenvalue weighted by Crippen LogP contribution is -2.51. The van der Waals surface area contributed by atoms with Gasteiger partial charge in [0, 0.05) is 48.7 Å². The largest absolute Gasteiger partial charge is 0.459 e.